The molecule has 0 heterocycles. The van der Waals surface area contributed by atoms with E-state index in [1.165, 1.54) is 0 Å². The predicted molar refractivity (Wildman–Crippen MR) is 144 cm³/mol. The Bertz CT molecular complexity index is 1610. The summed E-state index contributed by atoms with van der Waals surface area (Å²) < 4.78 is 0. The van der Waals surface area contributed by atoms with Crippen molar-refractivity contribution in [1.29, 1.82) is 0 Å². The Hall–Kier alpha value is -7.15. The fourth-order valence-corrected chi connectivity index (χ4v) is 2.92. The molecule has 0 bridgehead atoms. The summed E-state index contributed by atoms with van der Waals surface area (Å²) >= 11 is 0. The number of aromatic hydroxyl groups is 3. The molecule has 1 radical (unpaired) electrons. The van der Waals surface area contributed by atoms with E-state index in [2.05, 4.69) is 0 Å². The molecule has 49 heavy (non-hydrogen) atoms. The Morgan fingerprint density at radius 3 is 0.510 bits per heavy atom. The molecule has 255 valence electrons. The third kappa shape index (κ3) is 10.4. The van der Waals surface area contributed by atoms with Crippen LogP contribution in [0.25, 0.3) is 0 Å². The van der Waals surface area contributed by atoms with E-state index < -0.39 is 113 Å². The van der Waals surface area contributed by atoms with Gasteiger partial charge in [0.1, 0.15) is 0 Å². The van der Waals surface area contributed by atoms with Gasteiger partial charge in [-0.25, -0.2) is 0 Å². The molecular weight excluding hydrogens is 817 g/mol. The Morgan fingerprint density at radius 2 is 0.429 bits per heavy atom. The van der Waals surface area contributed by atoms with Crippen LogP contribution in [-0.4, -0.2) is 59.6 Å². The van der Waals surface area contributed by atoms with Crippen molar-refractivity contribution in [2.24, 2.45) is 0 Å². The van der Waals surface area contributed by atoms with Crippen LogP contribution in [0.15, 0.2) is 36.4 Å². The topological polar surface area (TPSA) is 449 Å². The zero-order valence-corrected chi connectivity index (χ0v) is 26.4. The maximum atomic E-state index is 10.4. The fraction of sp³-hybridized carbons (Fsp3) is 0. The number of phenolic OH excluding ortho intramolecular Hbond substituents is 3. The van der Waals surface area contributed by atoms with Crippen molar-refractivity contribution in [1.82, 2.24) is 0 Å². The average Bonchev–Trinajstić information content (AvgIpc) is 2.96. The molecule has 0 spiro atoms. The largest absolute Gasteiger partial charge is 0.497 e. The smallest absolute Gasteiger partial charge is 0.324 e. The van der Waals surface area contributed by atoms with Gasteiger partial charge in [0, 0.05) is 35.6 Å². The van der Waals surface area contributed by atoms with Crippen molar-refractivity contribution in [3.8, 4) is 17.2 Å². The van der Waals surface area contributed by atoms with Crippen molar-refractivity contribution in [3.63, 3.8) is 0 Å². The number of phenols is 3. The first kappa shape index (κ1) is 41.9. The van der Waals surface area contributed by atoms with E-state index >= 15 is 0 Å². The molecule has 3 rings (SSSR count). The maximum absolute atomic E-state index is 10.4. The molecule has 3 aromatic rings. The van der Waals surface area contributed by atoms with Gasteiger partial charge in [0.15, 0.2) is 0 Å². The Kier molecular flexibility index (Phi) is 14.5. The van der Waals surface area contributed by atoms with Crippen LogP contribution in [0.5, 0.6) is 17.2 Å². The molecule has 0 atom stereocenters. The van der Waals surface area contributed by atoms with Crippen LogP contribution in [0, 0.1) is 127 Å². The van der Waals surface area contributed by atoms with E-state index in [0.717, 1.165) is 0 Å². The van der Waals surface area contributed by atoms with Crippen LogP contribution in [0.1, 0.15) is 0 Å². The first-order chi connectivity index (χ1) is 22.0. The number of hydrogen-bond acceptors (Lipinski definition) is 21. The summed E-state index contributed by atoms with van der Waals surface area (Å²) in [5, 5.41) is 121. The molecule has 0 amide bonds. The molecule has 30 nitrogen and oxygen atoms in total. The number of rotatable bonds is 9. The van der Waals surface area contributed by atoms with Crippen molar-refractivity contribution >= 4 is 51.2 Å². The second-order valence-corrected chi connectivity index (χ2v) is 7.81. The molecule has 0 aliphatic rings. The van der Waals surface area contributed by atoms with Gasteiger partial charge in [0.05, 0.1) is 80.7 Å². The first-order valence-electron chi connectivity index (χ1n) is 10.9. The minimum Gasteiger partial charge on any atom is -0.497 e. The van der Waals surface area contributed by atoms with Gasteiger partial charge in [-0.1, -0.05) is 0 Å². The summed E-state index contributed by atoms with van der Waals surface area (Å²) in [5.74, 6) is -3.62. The van der Waals surface area contributed by atoms with E-state index in [-0.39, 0.29) is 35.6 Å². The zero-order chi connectivity index (χ0) is 37.4. The maximum Gasteiger partial charge on any atom is 0.324 e. The number of hydrogen-bond donors (Lipinski definition) is 3. The second kappa shape index (κ2) is 17.0. The van der Waals surface area contributed by atoms with Gasteiger partial charge >= 0.3 is 34.1 Å². The third-order valence-electron chi connectivity index (χ3n) is 4.98. The van der Waals surface area contributed by atoms with Crippen molar-refractivity contribution in [2.45, 2.75) is 0 Å². The van der Waals surface area contributed by atoms with Gasteiger partial charge in [-0.15, -0.1) is 0 Å². The number of non-ortho nitro benzene ring substituents is 3. The molecule has 3 N–H and O–H groups in total. The Morgan fingerprint density at radius 1 is 0.306 bits per heavy atom. The van der Waals surface area contributed by atoms with E-state index in [0.29, 0.717) is 36.4 Å². The number of nitro benzene ring substituents is 9. The number of nitro groups is 9. The molecule has 0 aliphatic heterocycles. The summed E-state index contributed by atoms with van der Waals surface area (Å²) in [7, 11) is 0. The molecule has 3 aromatic carbocycles. The quantitative estimate of drug-likeness (QED) is 0.205. The van der Waals surface area contributed by atoms with Gasteiger partial charge in [-0.2, -0.15) is 0 Å². The average molecular weight is 826 g/mol. The predicted octanol–water partition coefficient (Wildman–Crippen LogP) is 3.35. The van der Waals surface area contributed by atoms with E-state index in [1.54, 1.807) is 0 Å². The molecule has 0 aromatic heterocycles. The Balaban J connectivity index is 0.000000698. The summed E-state index contributed by atoms with van der Waals surface area (Å²) in [5.41, 5.74) is -9.01. The third-order valence-corrected chi connectivity index (χ3v) is 4.98. The fourth-order valence-electron chi connectivity index (χ4n) is 2.92. The van der Waals surface area contributed by atoms with Crippen LogP contribution in [-0.2, 0) is 0 Å². The second-order valence-electron chi connectivity index (χ2n) is 7.81. The minimum atomic E-state index is -1.21. The van der Waals surface area contributed by atoms with Crippen LogP contribution < -0.4 is 0 Å². The van der Waals surface area contributed by atoms with Gasteiger partial charge in [-0.3, -0.25) is 91.0 Å². The zero-order valence-electron chi connectivity index (χ0n) is 22.8. The van der Waals surface area contributed by atoms with Gasteiger partial charge in [0.2, 0.25) is 0 Å². The van der Waals surface area contributed by atoms with Crippen molar-refractivity contribution in [2.75, 3.05) is 0 Å². The van der Waals surface area contributed by atoms with Crippen LogP contribution in [0.4, 0.5) is 51.2 Å². The van der Waals surface area contributed by atoms with Crippen LogP contribution in [0.3, 0.4) is 0 Å². The van der Waals surface area contributed by atoms with Gasteiger partial charge in [0.25, 0.3) is 34.3 Å². The molecule has 0 unspecified atom stereocenters. The van der Waals surface area contributed by atoms with E-state index in [1.807, 2.05) is 0 Å². The van der Waals surface area contributed by atoms with Crippen molar-refractivity contribution in [3.05, 3.63) is 127 Å². The van der Waals surface area contributed by atoms with E-state index in [9.17, 15) is 91.0 Å². The molecule has 0 fully saturated rings. The monoisotopic (exact) mass is 826 g/mol. The Labute approximate surface area is 290 Å². The molecule has 0 aliphatic carbocycles. The summed E-state index contributed by atoms with van der Waals surface area (Å²) in [6.07, 6.45) is 0. The van der Waals surface area contributed by atoms with Crippen LogP contribution >= 0.6 is 0 Å². The summed E-state index contributed by atoms with van der Waals surface area (Å²) in [6, 6.07) is 2.68. The first-order valence-corrected chi connectivity index (χ1v) is 10.9. The van der Waals surface area contributed by atoms with Gasteiger partial charge in [-0.05, 0) is 0 Å². The molecule has 0 saturated heterocycles. The van der Waals surface area contributed by atoms with Gasteiger partial charge < -0.3 is 15.3 Å². The standard InChI is InChI=1S/3C6H3N3O7.La/c3*10-6-4(8(13)14)1-3(7(11)12)2-5(6)9(15)16;/h3*1-2,10H;. The summed E-state index contributed by atoms with van der Waals surface area (Å²) in [6.45, 7) is 0. The molecule has 31 heteroatoms. The normalized spacial score (nSPS) is 9.55. The van der Waals surface area contributed by atoms with Crippen LogP contribution in [0.2, 0.25) is 0 Å². The summed E-state index contributed by atoms with van der Waals surface area (Å²) in [4.78, 5) is 83.3. The molecular formula is C18H9LaN9O21. The van der Waals surface area contributed by atoms with Crippen molar-refractivity contribution < 1.29 is 95.2 Å². The van der Waals surface area contributed by atoms with E-state index in [4.69, 9.17) is 15.3 Å². The minimum absolute atomic E-state index is 0. The SMILES string of the molecule is O=[N+]([O-])c1cc([N+](=O)[O-])c(O)c([N+](=O)[O-])c1.O=[N+]([O-])c1cc([N+](=O)[O-])c(O)c([N+](=O)[O-])c1.O=[N+]([O-])c1cc([N+](=O)[O-])c(O)c([N+](=O)[O-])c1.[La]. The molecule has 0 saturated carbocycles. The number of benzene rings is 3. The number of nitrogens with zero attached hydrogens (tertiary/aromatic N) is 9.